The van der Waals surface area contributed by atoms with Crippen molar-refractivity contribution >= 4 is 26.6 Å². The van der Waals surface area contributed by atoms with Crippen LogP contribution in [0.4, 0.5) is 0 Å². The summed E-state index contributed by atoms with van der Waals surface area (Å²) >= 11 is 0. The Morgan fingerprint density at radius 3 is 2.38 bits per heavy atom. The lowest BCUT2D eigenvalue weighted by atomic mass is 10.1. The van der Waals surface area contributed by atoms with Gasteiger partial charge in [-0.15, -0.1) is 0 Å². The molecule has 0 radical (unpaired) electrons. The lowest BCUT2D eigenvalue weighted by molar-refractivity contribution is 0.0938. The summed E-state index contributed by atoms with van der Waals surface area (Å²) in [5.41, 5.74) is 0.977. The second-order valence-electron chi connectivity index (χ2n) is 6.14. The fraction of sp³-hybridized carbons (Fsp3) is 0.158. The van der Waals surface area contributed by atoms with Gasteiger partial charge in [-0.1, -0.05) is 30.3 Å². The van der Waals surface area contributed by atoms with Gasteiger partial charge in [-0.05, 0) is 42.1 Å². The van der Waals surface area contributed by atoms with Gasteiger partial charge in [0.25, 0.3) is 11.5 Å². The maximum Gasteiger partial charge on any atom is 0.261 e. The summed E-state index contributed by atoms with van der Waals surface area (Å²) in [6.07, 6.45) is 1.14. The maximum absolute atomic E-state index is 12.5. The Labute approximate surface area is 150 Å². The molecular weight excluding hydrogens is 352 g/mol. The number of pyridine rings is 1. The summed E-state index contributed by atoms with van der Waals surface area (Å²) in [6.45, 7) is 1.77. The Morgan fingerprint density at radius 1 is 1.08 bits per heavy atom. The minimum atomic E-state index is -3.27. The molecule has 6 nitrogen and oxygen atoms in total. The molecule has 1 atom stereocenters. The molecule has 1 amide bonds. The average molecular weight is 370 g/mol. The van der Waals surface area contributed by atoms with Crippen molar-refractivity contribution in [3.63, 3.8) is 0 Å². The van der Waals surface area contributed by atoms with E-state index in [0.29, 0.717) is 5.52 Å². The van der Waals surface area contributed by atoms with Crippen molar-refractivity contribution < 1.29 is 13.2 Å². The predicted octanol–water partition coefficient (Wildman–Crippen LogP) is 2.42. The number of H-pyrrole nitrogens is 1. The first-order valence-corrected chi connectivity index (χ1v) is 9.88. The molecule has 1 heterocycles. The normalized spacial score (nSPS) is 12.7. The number of carbonyl (C=O) groups excluding carboxylic acids is 1. The van der Waals surface area contributed by atoms with Crippen molar-refractivity contribution in [3.05, 3.63) is 76.1 Å². The molecule has 2 aromatic carbocycles. The summed E-state index contributed by atoms with van der Waals surface area (Å²) in [6, 6.07) is 14.7. The number of sulfone groups is 1. The van der Waals surface area contributed by atoms with Gasteiger partial charge in [0.2, 0.25) is 0 Å². The van der Waals surface area contributed by atoms with Gasteiger partial charge in [-0.25, -0.2) is 8.42 Å². The molecule has 0 aliphatic rings. The first-order valence-electron chi connectivity index (χ1n) is 7.98. The Hall–Kier alpha value is -2.93. The van der Waals surface area contributed by atoms with Gasteiger partial charge in [-0.3, -0.25) is 9.59 Å². The zero-order chi connectivity index (χ0) is 18.9. The quantitative estimate of drug-likeness (QED) is 0.737. The van der Waals surface area contributed by atoms with Crippen molar-refractivity contribution in [1.82, 2.24) is 10.3 Å². The van der Waals surface area contributed by atoms with E-state index in [4.69, 9.17) is 0 Å². The first-order chi connectivity index (χ1) is 12.3. The van der Waals surface area contributed by atoms with E-state index in [-0.39, 0.29) is 16.5 Å². The SMILES string of the molecule is C[C@@H](NC(=O)c1cc2ccccc2[nH]c1=O)c1ccc(S(C)(=O)=O)cc1. The van der Waals surface area contributed by atoms with E-state index in [0.717, 1.165) is 17.2 Å². The molecule has 1 aromatic heterocycles. The second kappa shape index (κ2) is 6.76. The van der Waals surface area contributed by atoms with E-state index < -0.39 is 21.3 Å². The van der Waals surface area contributed by atoms with Crippen LogP contribution in [0.25, 0.3) is 10.9 Å². The second-order valence-corrected chi connectivity index (χ2v) is 8.15. The Balaban J connectivity index is 1.83. The monoisotopic (exact) mass is 370 g/mol. The van der Waals surface area contributed by atoms with Crippen LogP contribution < -0.4 is 10.9 Å². The van der Waals surface area contributed by atoms with Gasteiger partial charge < -0.3 is 10.3 Å². The highest BCUT2D eigenvalue weighted by molar-refractivity contribution is 7.90. The van der Waals surface area contributed by atoms with Gasteiger partial charge >= 0.3 is 0 Å². The number of aromatic amines is 1. The highest BCUT2D eigenvalue weighted by atomic mass is 32.2. The number of amides is 1. The van der Waals surface area contributed by atoms with E-state index in [1.807, 2.05) is 12.1 Å². The number of hydrogen-bond donors (Lipinski definition) is 2. The number of benzene rings is 2. The first kappa shape index (κ1) is 17.9. The standard InChI is InChI=1S/C19H18N2O4S/c1-12(13-7-9-15(10-8-13)26(2,24)25)20-18(22)16-11-14-5-3-4-6-17(14)21-19(16)23/h3-12H,1-2H3,(H,20,22)(H,21,23)/t12-/m1/s1. The molecule has 3 rings (SSSR count). The van der Waals surface area contributed by atoms with E-state index in [1.54, 1.807) is 37.3 Å². The third-order valence-electron chi connectivity index (χ3n) is 4.15. The van der Waals surface area contributed by atoms with Gasteiger partial charge in [-0.2, -0.15) is 0 Å². The van der Waals surface area contributed by atoms with Gasteiger partial charge in [0.1, 0.15) is 5.56 Å². The number of carbonyl (C=O) groups is 1. The average Bonchev–Trinajstić information content (AvgIpc) is 2.60. The van der Waals surface area contributed by atoms with Crippen LogP contribution in [-0.2, 0) is 9.84 Å². The summed E-state index contributed by atoms with van der Waals surface area (Å²) in [5, 5.41) is 3.53. The smallest absolute Gasteiger partial charge is 0.261 e. The number of fused-ring (bicyclic) bond motifs is 1. The molecular formula is C19H18N2O4S. The number of para-hydroxylation sites is 1. The van der Waals surface area contributed by atoms with Crippen LogP contribution >= 0.6 is 0 Å². The molecule has 134 valence electrons. The van der Waals surface area contributed by atoms with E-state index in [2.05, 4.69) is 10.3 Å². The van der Waals surface area contributed by atoms with Crippen LogP contribution in [0.3, 0.4) is 0 Å². The molecule has 0 unspecified atom stereocenters. The van der Waals surface area contributed by atoms with Crippen LogP contribution in [0.2, 0.25) is 0 Å². The van der Waals surface area contributed by atoms with E-state index in [1.165, 1.54) is 12.1 Å². The van der Waals surface area contributed by atoms with Crippen LogP contribution in [0.1, 0.15) is 28.9 Å². The molecule has 2 N–H and O–H groups in total. The molecule has 7 heteroatoms. The number of hydrogen-bond acceptors (Lipinski definition) is 4. The van der Waals surface area contributed by atoms with Gasteiger partial charge in [0, 0.05) is 11.8 Å². The molecule has 0 fully saturated rings. The zero-order valence-corrected chi connectivity index (χ0v) is 15.1. The highest BCUT2D eigenvalue weighted by Gasteiger charge is 2.16. The highest BCUT2D eigenvalue weighted by Crippen LogP contribution is 2.17. The van der Waals surface area contributed by atoms with Crippen molar-refractivity contribution in [2.24, 2.45) is 0 Å². The largest absolute Gasteiger partial charge is 0.345 e. The molecule has 26 heavy (non-hydrogen) atoms. The number of rotatable bonds is 4. The Morgan fingerprint density at radius 2 is 1.73 bits per heavy atom. The third kappa shape index (κ3) is 3.67. The van der Waals surface area contributed by atoms with Gasteiger partial charge in [0.15, 0.2) is 9.84 Å². The van der Waals surface area contributed by atoms with Crippen LogP contribution in [0.15, 0.2) is 64.3 Å². The lowest BCUT2D eigenvalue weighted by Crippen LogP contribution is -2.31. The minimum Gasteiger partial charge on any atom is -0.345 e. The predicted molar refractivity (Wildman–Crippen MR) is 100 cm³/mol. The zero-order valence-electron chi connectivity index (χ0n) is 14.3. The lowest BCUT2D eigenvalue weighted by Gasteiger charge is -2.14. The number of aromatic nitrogens is 1. The van der Waals surface area contributed by atoms with E-state index >= 15 is 0 Å². The van der Waals surface area contributed by atoms with Crippen LogP contribution in [0.5, 0.6) is 0 Å². The van der Waals surface area contributed by atoms with Crippen molar-refractivity contribution in [3.8, 4) is 0 Å². The van der Waals surface area contributed by atoms with Crippen LogP contribution in [-0.4, -0.2) is 25.6 Å². The summed E-state index contributed by atoms with van der Waals surface area (Å²) in [4.78, 5) is 27.6. The fourth-order valence-corrected chi connectivity index (χ4v) is 3.31. The molecule has 0 spiro atoms. The summed E-state index contributed by atoms with van der Waals surface area (Å²) < 4.78 is 23.0. The molecule has 0 saturated carbocycles. The van der Waals surface area contributed by atoms with Crippen molar-refractivity contribution in [1.29, 1.82) is 0 Å². The van der Waals surface area contributed by atoms with Crippen molar-refractivity contribution in [2.75, 3.05) is 6.26 Å². The molecule has 3 aromatic rings. The fourth-order valence-electron chi connectivity index (χ4n) is 2.68. The van der Waals surface area contributed by atoms with Gasteiger partial charge in [0.05, 0.1) is 10.9 Å². The summed E-state index contributed by atoms with van der Waals surface area (Å²) in [7, 11) is -3.27. The van der Waals surface area contributed by atoms with Crippen molar-refractivity contribution in [2.45, 2.75) is 17.9 Å². The van der Waals surface area contributed by atoms with Crippen LogP contribution in [0, 0.1) is 0 Å². The minimum absolute atomic E-state index is 0.0308. The number of nitrogens with one attached hydrogen (secondary N) is 2. The molecule has 0 bridgehead atoms. The summed E-state index contributed by atoms with van der Waals surface area (Å²) in [5.74, 6) is -0.489. The Kier molecular flexibility index (Phi) is 4.65. The maximum atomic E-state index is 12.5. The molecule has 0 aliphatic heterocycles. The molecule has 0 aliphatic carbocycles. The Bertz CT molecular complexity index is 1130. The molecule has 0 saturated heterocycles. The topological polar surface area (TPSA) is 96.1 Å². The third-order valence-corrected chi connectivity index (χ3v) is 5.28. The van der Waals surface area contributed by atoms with E-state index in [9.17, 15) is 18.0 Å².